The van der Waals surface area contributed by atoms with E-state index in [0.29, 0.717) is 5.89 Å². The van der Waals surface area contributed by atoms with Crippen LogP contribution in [0.25, 0.3) is 17.2 Å². The lowest BCUT2D eigenvalue weighted by molar-refractivity contribution is 0.588. The lowest BCUT2D eigenvalue weighted by Gasteiger charge is -1.86. The molecule has 0 amide bonds. The monoisotopic (exact) mass is 251 g/mol. The van der Waals surface area contributed by atoms with Crippen LogP contribution >= 0.6 is 15.9 Å². The minimum absolute atomic E-state index is 0.665. The zero-order chi connectivity index (χ0) is 10.1. The Bertz CT molecular complexity index is 495. The fraction of sp³-hybridized carbons (Fsp3) is 0.182. The molecule has 0 radical (unpaired) electrons. The van der Waals surface area contributed by atoms with Crippen molar-refractivity contribution in [1.82, 2.24) is 4.98 Å². The fourth-order valence-corrected chi connectivity index (χ4v) is 1.57. The molecule has 0 N–H and O–H groups in total. The molecule has 2 nitrogen and oxygen atoms in total. The zero-order valence-corrected chi connectivity index (χ0v) is 9.63. The number of halogens is 1. The Kier molecular flexibility index (Phi) is 2.42. The van der Waals surface area contributed by atoms with E-state index < -0.39 is 0 Å². The third kappa shape index (κ3) is 1.87. The van der Waals surface area contributed by atoms with Gasteiger partial charge in [-0.1, -0.05) is 21.5 Å². The minimum atomic E-state index is 0.665. The van der Waals surface area contributed by atoms with Crippen molar-refractivity contribution in [2.24, 2.45) is 0 Å². The Morgan fingerprint density at radius 2 is 2.21 bits per heavy atom. The van der Waals surface area contributed by atoms with Crippen molar-refractivity contribution in [3.05, 3.63) is 34.1 Å². The standard InChI is InChI=1S/C11H10BrNO/c1-7(2)5-11-13-9-4-3-8(12)6-10(9)14-11/h3-6H,1-2H3. The number of rotatable bonds is 1. The Morgan fingerprint density at radius 1 is 1.43 bits per heavy atom. The summed E-state index contributed by atoms with van der Waals surface area (Å²) in [6.07, 6.45) is 1.92. The van der Waals surface area contributed by atoms with Gasteiger partial charge in [0, 0.05) is 4.47 Å². The van der Waals surface area contributed by atoms with E-state index >= 15 is 0 Å². The topological polar surface area (TPSA) is 26.0 Å². The highest BCUT2D eigenvalue weighted by molar-refractivity contribution is 9.10. The molecule has 1 heterocycles. The number of allylic oxidation sites excluding steroid dienone is 1. The van der Waals surface area contributed by atoms with Crippen LogP contribution < -0.4 is 0 Å². The van der Waals surface area contributed by atoms with Crippen molar-refractivity contribution < 1.29 is 4.42 Å². The Balaban J connectivity index is 2.57. The molecule has 72 valence electrons. The largest absolute Gasteiger partial charge is 0.437 e. The molecular weight excluding hydrogens is 242 g/mol. The molecule has 3 heteroatoms. The van der Waals surface area contributed by atoms with Crippen LogP contribution in [0.1, 0.15) is 19.7 Å². The molecule has 1 aromatic heterocycles. The summed E-state index contributed by atoms with van der Waals surface area (Å²) in [6.45, 7) is 4.04. The number of aromatic nitrogens is 1. The van der Waals surface area contributed by atoms with Crippen LogP contribution in [0.3, 0.4) is 0 Å². The Morgan fingerprint density at radius 3 is 2.93 bits per heavy atom. The molecule has 0 aliphatic rings. The third-order valence-corrected chi connectivity index (χ3v) is 2.27. The second-order valence-corrected chi connectivity index (χ2v) is 4.30. The van der Waals surface area contributed by atoms with Gasteiger partial charge in [-0.3, -0.25) is 0 Å². The molecule has 0 unspecified atom stereocenters. The lowest BCUT2D eigenvalue weighted by atomic mass is 10.3. The number of hydrogen-bond donors (Lipinski definition) is 0. The van der Waals surface area contributed by atoms with Crippen molar-refractivity contribution in [1.29, 1.82) is 0 Å². The molecule has 0 bridgehead atoms. The normalized spacial score (nSPS) is 10.5. The molecule has 14 heavy (non-hydrogen) atoms. The SMILES string of the molecule is CC(C)=Cc1nc2ccc(Br)cc2o1. The Labute approximate surface area is 90.8 Å². The smallest absolute Gasteiger partial charge is 0.219 e. The second kappa shape index (κ2) is 3.58. The molecule has 0 fully saturated rings. The van der Waals surface area contributed by atoms with Crippen LogP contribution in [0.2, 0.25) is 0 Å². The summed E-state index contributed by atoms with van der Waals surface area (Å²) in [6, 6.07) is 5.81. The fourth-order valence-electron chi connectivity index (χ4n) is 1.22. The first-order valence-electron chi connectivity index (χ1n) is 4.36. The van der Waals surface area contributed by atoms with E-state index in [1.54, 1.807) is 0 Å². The molecule has 0 spiro atoms. The average molecular weight is 252 g/mol. The van der Waals surface area contributed by atoms with Crippen LogP contribution in [-0.2, 0) is 0 Å². The van der Waals surface area contributed by atoms with Gasteiger partial charge in [0.25, 0.3) is 0 Å². The average Bonchev–Trinajstić information content (AvgIpc) is 2.44. The van der Waals surface area contributed by atoms with Gasteiger partial charge in [0.15, 0.2) is 5.58 Å². The highest BCUT2D eigenvalue weighted by atomic mass is 79.9. The van der Waals surface area contributed by atoms with Gasteiger partial charge in [-0.15, -0.1) is 0 Å². The summed E-state index contributed by atoms with van der Waals surface area (Å²) in [5, 5.41) is 0. The van der Waals surface area contributed by atoms with E-state index in [1.807, 2.05) is 38.1 Å². The van der Waals surface area contributed by atoms with E-state index in [9.17, 15) is 0 Å². The summed E-state index contributed by atoms with van der Waals surface area (Å²) in [4.78, 5) is 4.33. The van der Waals surface area contributed by atoms with Gasteiger partial charge in [0.2, 0.25) is 5.89 Å². The lowest BCUT2D eigenvalue weighted by Crippen LogP contribution is -1.70. The van der Waals surface area contributed by atoms with Crippen molar-refractivity contribution in [2.75, 3.05) is 0 Å². The van der Waals surface area contributed by atoms with Crippen LogP contribution in [0.4, 0.5) is 0 Å². The summed E-state index contributed by atoms with van der Waals surface area (Å²) in [5.74, 6) is 0.665. The van der Waals surface area contributed by atoms with Gasteiger partial charge in [0.05, 0.1) is 0 Å². The summed E-state index contributed by atoms with van der Waals surface area (Å²) in [7, 11) is 0. The van der Waals surface area contributed by atoms with Gasteiger partial charge < -0.3 is 4.42 Å². The summed E-state index contributed by atoms with van der Waals surface area (Å²) in [5.41, 5.74) is 2.88. The van der Waals surface area contributed by atoms with Gasteiger partial charge >= 0.3 is 0 Å². The maximum Gasteiger partial charge on any atom is 0.219 e. The van der Waals surface area contributed by atoms with Crippen molar-refractivity contribution in [3.63, 3.8) is 0 Å². The summed E-state index contributed by atoms with van der Waals surface area (Å²) < 4.78 is 6.55. The van der Waals surface area contributed by atoms with Crippen LogP contribution in [0.15, 0.2) is 32.7 Å². The number of oxazole rings is 1. The molecule has 0 aliphatic heterocycles. The molecule has 1 aromatic carbocycles. The quantitative estimate of drug-likeness (QED) is 0.766. The van der Waals surface area contributed by atoms with E-state index in [4.69, 9.17) is 4.42 Å². The number of hydrogen-bond acceptors (Lipinski definition) is 2. The highest BCUT2D eigenvalue weighted by Crippen LogP contribution is 2.21. The predicted molar refractivity (Wildman–Crippen MR) is 61.0 cm³/mol. The molecule has 0 saturated heterocycles. The predicted octanol–water partition coefficient (Wildman–Crippen LogP) is 4.01. The Hall–Kier alpha value is -1.09. The first-order chi connectivity index (χ1) is 6.65. The van der Waals surface area contributed by atoms with Crippen molar-refractivity contribution in [2.45, 2.75) is 13.8 Å². The molecule has 2 aromatic rings. The van der Waals surface area contributed by atoms with E-state index in [1.165, 1.54) is 5.57 Å². The first-order valence-corrected chi connectivity index (χ1v) is 5.15. The van der Waals surface area contributed by atoms with Crippen LogP contribution in [0.5, 0.6) is 0 Å². The van der Waals surface area contributed by atoms with Crippen LogP contribution in [0, 0.1) is 0 Å². The van der Waals surface area contributed by atoms with E-state index in [0.717, 1.165) is 15.6 Å². The number of benzene rings is 1. The molecule has 0 atom stereocenters. The van der Waals surface area contributed by atoms with E-state index in [2.05, 4.69) is 20.9 Å². The zero-order valence-electron chi connectivity index (χ0n) is 8.04. The molecular formula is C11H10BrNO. The van der Waals surface area contributed by atoms with Gasteiger partial charge in [-0.25, -0.2) is 4.98 Å². The summed E-state index contributed by atoms with van der Waals surface area (Å²) >= 11 is 3.39. The van der Waals surface area contributed by atoms with Gasteiger partial charge in [-0.05, 0) is 38.1 Å². The van der Waals surface area contributed by atoms with Crippen molar-refractivity contribution in [3.8, 4) is 0 Å². The second-order valence-electron chi connectivity index (χ2n) is 3.39. The number of fused-ring (bicyclic) bond motifs is 1. The highest BCUT2D eigenvalue weighted by Gasteiger charge is 2.03. The maximum atomic E-state index is 5.54. The molecule has 2 rings (SSSR count). The minimum Gasteiger partial charge on any atom is -0.437 e. The van der Waals surface area contributed by atoms with Crippen molar-refractivity contribution >= 4 is 33.1 Å². The molecule has 0 aliphatic carbocycles. The van der Waals surface area contributed by atoms with E-state index in [-0.39, 0.29) is 0 Å². The van der Waals surface area contributed by atoms with Crippen LogP contribution in [-0.4, -0.2) is 4.98 Å². The molecule has 0 saturated carbocycles. The van der Waals surface area contributed by atoms with Gasteiger partial charge in [-0.2, -0.15) is 0 Å². The first kappa shape index (κ1) is 9.46. The third-order valence-electron chi connectivity index (χ3n) is 1.78. The maximum absolute atomic E-state index is 5.54. The number of nitrogens with zero attached hydrogens (tertiary/aromatic N) is 1. The van der Waals surface area contributed by atoms with Gasteiger partial charge in [0.1, 0.15) is 5.52 Å².